The summed E-state index contributed by atoms with van der Waals surface area (Å²) in [6.45, 7) is 8.22. The number of amides is 1. The lowest BCUT2D eigenvalue weighted by Crippen LogP contribution is -2.55. The molecule has 1 amide bonds. The van der Waals surface area contributed by atoms with E-state index >= 15 is 4.39 Å². The van der Waals surface area contributed by atoms with Gasteiger partial charge in [0.1, 0.15) is 11.2 Å². The van der Waals surface area contributed by atoms with Crippen molar-refractivity contribution in [2.45, 2.75) is 69.9 Å². The average molecular weight is 503 g/mol. The number of hydrogen-bond acceptors (Lipinski definition) is 3. The van der Waals surface area contributed by atoms with E-state index in [1.807, 2.05) is 19.9 Å². The predicted octanol–water partition coefficient (Wildman–Crippen LogP) is 6.25. The Bertz CT molecular complexity index is 1200. The molecule has 4 nitrogen and oxygen atoms in total. The fraction of sp³-hybridized carbons (Fsp3) is 0.481. The molecular formula is C27H29Cl2FN2O2. The first-order chi connectivity index (χ1) is 15.9. The maximum absolute atomic E-state index is 15.6. The lowest BCUT2D eigenvalue weighted by Gasteiger charge is -2.43. The Labute approximate surface area is 209 Å². The van der Waals surface area contributed by atoms with Gasteiger partial charge in [-0.2, -0.15) is 0 Å². The highest BCUT2D eigenvalue weighted by Gasteiger charge is 2.69. The van der Waals surface area contributed by atoms with E-state index in [4.69, 9.17) is 23.2 Å². The number of carbonyl (C=O) groups is 2. The Hall–Kier alpha value is -1.95. The van der Waals surface area contributed by atoms with Crippen LogP contribution in [0.15, 0.2) is 36.4 Å². The Morgan fingerprint density at radius 2 is 1.82 bits per heavy atom. The quantitative estimate of drug-likeness (QED) is 0.519. The second-order valence-corrected chi connectivity index (χ2v) is 12.3. The molecule has 1 spiro atoms. The van der Waals surface area contributed by atoms with E-state index in [-0.39, 0.29) is 27.7 Å². The van der Waals surface area contributed by atoms with Crippen molar-refractivity contribution in [3.63, 3.8) is 0 Å². The fourth-order valence-electron chi connectivity index (χ4n) is 6.96. The molecule has 2 N–H and O–H groups in total. The van der Waals surface area contributed by atoms with E-state index in [1.54, 1.807) is 24.3 Å². The van der Waals surface area contributed by atoms with Crippen LogP contribution in [0.1, 0.15) is 64.0 Å². The predicted molar refractivity (Wildman–Crippen MR) is 133 cm³/mol. The molecule has 1 saturated carbocycles. The molecule has 5 rings (SSSR count). The van der Waals surface area contributed by atoms with Gasteiger partial charge in [0.2, 0.25) is 5.91 Å². The van der Waals surface area contributed by atoms with Gasteiger partial charge in [-0.15, -0.1) is 0 Å². The largest absolute Gasteiger partial charge is 0.325 e. The minimum atomic E-state index is -1.22. The molecule has 2 aliphatic heterocycles. The fourth-order valence-corrected chi connectivity index (χ4v) is 7.31. The van der Waals surface area contributed by atoms with Crippen molar-refractivity contribution in [1.29, 1.82) is 0 Å². The lowest BCUT2D eigenvalue weighted by molar-refractivity contribution is -0.124. The van der Waals surface area contributed by atoms with Crippen LogP contribution < -0.4 is 10.6 Å². The SMILES string of the molecule is CC1(C)CC(CC(=O)C2NC(C)(C)C3(C(=O)Nc4cc(Cl)ccc43)C2c2cccc(Cl)c2F)C1. The molecule has 2 aromatic carbocycles. The molecule has 3 unspecified atom stereocenters. The Balaban J connectivity index is 1.67. The number of hydrogen-bond donors (Lipinski definition) is 2. The Morgan fingerprint density at radius 1 is 1.12 bits per heavy atom. The number of benzene rings is 2. The zero-order valence-electron chi connectivity index (χ0n) is 19.8. The number of nitrogens with one attached hydrogen (secondary N) is 2. The first-order valence-corrected chi connectivity index (χ1v) is 12.5. The van der Waals surface area contributed by atoms with Crippen molar-refractivity contribution in [2.75, 3.05) is 5.32 Å². The van der Waals surface area contributed by atoms with Gasteiger partial charge in [0, 0.05) is 28.6 Å². The zero-order valence-corrected chi connectivity index (χ0v) is 21.3. The smallest absolute Gasteiger partial charge is 0.237 e. The first kappa shape index (κ1) is 23.8. The van der Waals surface area contributed by atoms with E-state index in [2.05, 4.69) is 24.5 Å². The van der Waals surface area contributed by atoms with E-state index < -0.39 is 28.7 Å². The summed E-state index contributed by atoms with van der Waals surface area (Å²) in [4.78, 5) is 27.6. The number of fused-ring (bicyclic) bond motifs is 2. The molecule has 0 radical (unpaired) electrons. The van der Waals surface area contributed by atoms with Crippen molar-refractivity contribution >= 4 is 40.6 Å². The van der Waals surface area contributed by atoms with Crippen LogP contribution in [0, 0.1) is 17.2 Å². The molecule has 3 aliphatic rings. The highest BCUT2D eigenvalue weighted by atomic mass is 35.5. The summed E-state index contributed by atoms with van der Waals surface area (Å²) in [5.41, 5.74) is -0.253. The Morgan fingerprint density at radius 3 is 2.50 bits per heavy atom. The molecule has 1 saturated heterocycles. The van der Waals surface area contributed by atoms with Gasteiger partial charge in [-0.05, 0) is 67.3 Å². The number of carbonyl (C=O) groups excluding carboxylic acids is 2. The van der Waals surface area contributed by atoms with Gasteiger partial charge >= 0.3 is 0 Å². The van der Waals surface area contributed by atoms with Gasteiger partial charge in [0.05, 0.1) is 11.1 Å². The molecule has 0 bridgehead atoms. The molecule has 180 valence electrons. The summed E-state index contributed by atoms with van der Waals surface area (Å²) in [6.07, 6.45) is 2.37. The molecule has 3 atom stereocenters. The topological polar surface area (TPSA) is 58.2 Å². The minimum absolute atomic E-state index is 0.00467. The van der Waals surface area contributed by atoms with Crippen LogP contribution in [0.5, 0.6) is 0 Å². The third-order valence-electron chi connectivity index (χ3n) is 8.15. The molecule has 34 heavy (non-hydrogen) atoms. The van der Waals surface area contributed by atoms with Crippen molar-refractivity contribution < 1.29 is 14.0 Å². The van der Waals surface area contributed by atoms with Crippen molar-refractivity contribution in [3.05, 3.63) is 63.4 Å². The summed E-state index contributed by atoms with van der Waals surface area (Å²) in [7, 11) is 0. The van der Waals surface area contributed by atoms with E-state index in [1.165, 1.54) is 6.07 Å². The van der Waals surface area contributed by atoms with E-state index in [0.29, 0.717) is 28.6 Å². The van der Waals surface area contributed by atoms with Crippen LogP contribution in [0.3, 0.4) is 0 Å². The monoisotopic (exact) mass is 502 g/mol. The highest BCUT2D eigenvalue weighted by molar-refractivity contribution is 6.31. The van der Waals surface area contributed by atoms with Gasteiger partial charge in [-0.25, -0.2) is 4.39 Å². The van der Waals surface area contributed by atoms with Crippen molar-refractivity contribution in [1.82, 2.24) is 5.32 Å². The van der Waals surface area contributed by atoms with Crippen LogP contribution in [0.2, 0.25) is 10.0 Å². The van der Waals surface area contributed by atoms with Crippen molar-refractivity contribution in [2.24, 2.45) is 11.3 Å². The Kier molecular flexibility index (Phi) is 5.44. The average Bonchev–Trinajstić information content (AvgIpc) is 3.14. The van der Waals surface area contributed by atoms with Gasteiger partial charge < -0.3 is 10.6 Å². The molecule has 2 heterocycles. The molecule has 2 aromatic rings. The summed E-state index contributed by atoms with van der Waals surface area (Å²) < 4.78 is 15.6. The maximum Gasteiger partial charge on any atom is 0.237 e. The summed E-state index contributed by atoms with van der Waals surface area (Å²) in [6, 6.07) is 9.31. The summed E-state index contributed by atoms with van der Waals surface area (Å²) >= 11 is 12.4. The third-order valence-corrected chi connectivity index (χ3v) is 8.68. The molecule has 0 aromatic heterocycles. The standard InChI is InChI=1S/C27H29Cl2FN2O2/c1-25(2)12-14(13-25)10-20(33)23-21(16-6-5-7-18(29)22(16)30)27(26(3,4)32-23)17-9-8-15(28)11-19(17)31-24(27)34/h5-9,11,14,21,23,32H,10,12-13H2,1-4H3,(H,31,34). The number of rotatable bonds is 4. The number of Topliss-reactive ketones (excluding diaryl/α,β-unsaturated/α-hetero) is 1. The van der Waals surface area contributed by atoms with Gasteiger partial charge in [0.25, 0.3) is 0 Å². The van der Waals surface area contributed by atoms with Crippen LogP contribution >= 0.6 is 23.2 Å². The zero-order chi connectivity index (χ0) is 24.6. The normalized spacial score (nSPS) is 29.1. The van der Waals surface area contributed by atoms with Crippen LogP contribution in [-0.2, 0) is 15.0 Å². The van der Waals surface area contributed by atoms with Gasteiger partial charge in [-0.3, -0.25) is 9.59 Å². The maximum atomic E-state index is 15.6. The van der Waals surface area contributed by atoms with E-state index in [0.717, 1.165) is 12.8 Å². The second kappa shape index (κ2) is 7.78. The van der Waals surface area contributed by atoms with Crippen LogP contribution in [0.4, 0.5) is 10.1 Å². The number of halogens is 3. The minimum Gasteiger partial charge on any atom is -0.325 e. The van der Waals surface area contributed by atoms with Crippen LogP contribution in [0.25, 0.3) is 0 Å². The second-order valence-electron chi connectivity index (χ2n) is 11.4. The third kappa shape index (κ3) is 3.35. The van der Waals surface area contributed by atoms with Gasteiger partial charge in [-0.1, -0.05) is 55.2 Å². The molecule has 1 aliphatic carbocycles. The molecule has 2 fully saturated rings. The van der Waals surface area contributed by atoms with Crippen molar-refractivity contribution in [3.8, 4) is 0 Å². The summed E-state index contributed by atoms with van der Waals surface area (Å²) in [5, 5.41) is 6.89. The van der Waals surface area contributed by atoms with Gasteiger partial charge in [0.15, 0.2) is 5.78 Å². The molecular weight excluding hydrogens is 474 g/mol. The van der Waals surface area contributed by atoms with Crippen LogP contribution in [-0.4, -0.2) is 23.3 Å². The first-order valence-electron chi connectivity index (χ1n) is 11.7. The highest BCUT2D eigenvalue weighted by Crippen LogP contribution is 2.59. The molecule has 7 heteroatoms. The van der Waals surface area contributed by atoms with E-state index in [9.17, 15) is 9.59 Å². The number of ketones is 1. The summed E-state index contributed by atoms with van der Waals surface area (Å²) in [5.74, 6) is -1.33. The number of anilines is 1. The lowest BCUT2D eigenvalue weighted by atomic mass is 9.59.